The predicted octanol–water partition coefficient (Wildman–Crippen LogP) is 2.48. The van der Waals surface area contributed by atoms with Crippen LogP contribution < -0.4 is 5.32 Å². The lowest BCUT2D eigenvalue weighted by atomic mass is 9.85. The van der Waals surface area contributed by atoms with Crippen LogP contribution in [0.15, 0.2) is 0 Å². The minimum Gasteiger partial charge on any atom is -0.389 e. The molecule has 0 aromatic carbocycles. The molecule has 0 aromatic heterocycles. The Hall–Kier alpha value is -0.330. The molecule has 1 rings (SSSR count). The standard InChI is InChI=1S/C13H24F3NO2/c1-12(18,7-8-19-2)9-17-11-5-3-10(4-6-11)13(14,15)16/h10-11,17-18H,3-9H2,1-2H3. The van der Waals surface area contributed by atoms with Gasteiger partial charge in [0.15, 0.2) is 0 Å². The summed E-state index contributed by atoms with van der Waals surface area (Å²) in [5.74, 6) is -1.15. The number of rotatable bonds is 6. The summed E-state index contributed by atoms with van der Waals surface area (Å²) < 4.78 is 42.4. The molecule has 0 bridgehead atoms. The first kappa shape index (κ1) is 16.7. The lowest BCUT2D eigenvalue weighted by molar-refractivity contribution is -0.182. The number of alkyl halides is 3. The highest BCUT2D eigenvalue weighted by Crippen LogP contribution is 2.37. The van der Waals surface area contributed by atoms with Gasteiger partial charge in [-0.1, -0.05) is 0 Å². The number of halogens is 3. The van der Waals surface area contributed by atoms with Crippen molar-refractivity contribution < 1.29 is 23.0 Å². The Morgan fingerprint density at radius 3 is 2.26 bits per heavy atom. The monoisotopic (exact) mass is 283 g/mol. The van der Waals surface area contributed by atoms with Gasteiger partial charge in [-0.3, -0.25) is 0 Å². The van der Waals surface area contributed by atoms with Gasteiger partial charge < -0.3 is 15.2 Å². The summed E-state index contributed by atoms with van der Waals surface area (Å²) in [6.07, 6.45) is -2.15. The number of nitrogens with one attached hydrogen (secondary N) is 1. The van der Waals surface area contributed by atoms with E-state index in [-0.39, 0.29) is 18.9 Å². The second kappa shape index (κ2) is 6.90. The highest BCUT2D eigenvalue weighted by atomic mass is 19.4. The fraction of sp³-hybridized carbons (Fsp3) is 1.00. The van der Waals surface area contributed by atoms with Gasteiger partial charge in [-0.05, 0) is 32.6 Å². The molecule has 1 atom stereocenters. The largest absolute Gasteiger partial charge is 0.391 e. The van der Waals surface area contributed by atoms with E-state index in [0.717, 1.165) is 0 Å². The molecule has 1 aliphatic carbocycles. The predicted molar refractivity (Wildman–Crippen MR) is 66.9 cm³/mol. The SMILES string of the molecule is COCCC(C)(O)CNC1CCC(C(F)(F)F)CC1. The van der Waals surface area contributed by atoms with Gasteiger partial charge in [-0.15, -0.1) is 0 Å². The second-order valence-electron chi connectivity index (χ2n) is 5.71. The molecule has 6 heteroatoms. The molecule has 0 aliphatic heterocycles. The molecule has 1 saturated carbocycles. The van der Waals surface area contributed by atoms with Crippen molar-refractivity contribution in [1.29, 1.82) is 0 Å². The highest BCUT2D eigenvalue weighted by Gasteiger charge is 2.41. The maximum atomic E-state index is 12.5. The zero-order valence-electron chi connectivity index (χ0n) is 11.6. The van der Waals surface area contributed by atoms with Crippen LogP contribution in [0.1, 0.15) is 39.0 Å². The third-order valence-corrected chi connectivity index (χ3v) is 3.81. The third kappa shape index (κ3) is 6.10. The van der Waals surface area contributed by atoms with Gasteiger partial charge in [0.2, 0.25) is 0 Å². The molecular formula is C13H24F3NO2. The van der Waals surface area contributed by atoms with Gasteiger partial charge in [-0.25, -0.2) is 0 Å². The Kier molecular flexibility index (Phi) is 6.08. The first-order valence-electron chi connectivity index (χ1n) is 6.76. The molecule has 0 amide bonds. The fourth-order valence-corrected chi connectivity index (χ4v) is 2.40. The van der Waals surface area contributed by atoms with Gasteiger partial charge in [-0.2, -0.15) is 13.2 Å². The minimum absolute atomic E-state index is 0.0765. The molecule has 0 aromatic rings. The van der Waals surface area contributed by atoms with Crippen molar-refractivity contribution in [2.75, 3.05) is 20.3 Å². The molecule has 1 fully saturated rings. The molecule has 0 spiro atoms. The normalized spacial score (nSPS) is 28.1. The van der Waals surface area contributed by atoms with E-state index in [1.165, 1.54) is 0 Å². The molecule has 0 saturated heterocycles. The summed E-state index contributed by atoms with van der Waals surface area (Å²) in [5, 5.41) is 13.2. The van der Waals surface area contributed by atoms with Gasteiger partial charge in [0.1, 0.15) is 0 Å². The van der Waals surface area contributed by atoms with E-state index in [0.29, 0.717) is 32.4 Å². The van der Waals surface area contributed by atoms with Crippen molar-refractivity contribution in [3.8, 4) is 0 Å². The van der Waals surface area contributed by atoms with Gasteiger partial charge in [0.05, 0.1) is 11.5 Å². The van der Waals surface area contributed by atoms with E-state index in [1.807, 2.05) is 0 Å². The lowest BCUT2D eigenvalue weighted by Crippen LogP contribution is -2.45. The smallest absolute Gasteiger partial charge is 0.389 e. The van der Waals surface area contributed by atoms with Crippen molar-refractivity contribution in [2.24, 2.45) is 5.92 Å². The average molecular weight is 283 g/mol. The summed E-state index contributed by atoms with van der Waals surface area (Å²) in [6.45, 7) is 2.56. The number of hydrogen-bond acceptors (Lipinski definition) is 3. The first-order chi connectivity index (χ1) is 8.74. The van der Waals surface area contributed by atoms with Crippen LogP contribution in [-0.2, 0) is 4.74 Å². The average Bonchev–Trinajstić information content (AvgIpc) is 2.34. The van der Waals surface area contributed by atoms with Crippen molar-refractivity contribution in [3.05, 3.63) is 0 Å². The zero-order valence-corrected chi connectivity index (χ0v) is 11.6. The molecular weight excluding hydrogens is 259 g/mol. The van der Waals surface area contributed by atoms with Crippen LogP contribution in [0.2, 0.25) is 0 Å². The summed E-state index contributed by atoms with van der Waals surface area (Å²) >= 11 is 0. The quantitative estimate of drug-likeness (QED) is 0.787. The molecule has 3 nitrogen and oxygen atoms in total. The number of ether oxygens (including phenoxy) is 1. The van der Waals surface area contributed by atoms with Gasteiger partial charge >= 0.3 is 6.18 Å². The van der Waals surface area contributed by atoms with Crippen molar-refractivity contribution >= 4 is 0 Å². The van der Waals surface area contributed by atoms with Crippen LogP contribution in [0.4, 0.5) is 13.2 Å². The van der Waals surface area contributed by atoms with E-state index in [4.69, 9.17) is 4.74 Å². The molecule has 0 heterocycles. The summed E-state index contributed by atoms with van der Waals surface area (Å²) in [4.78, 5) is 0. The van der Waals surface area contributed by atoms with Crippen LogP contribution in [-0.4, -0.2) is 43.2 Å². The topological polar surface area (TPSA) is 41.5 Å². The zero-order chi connectivity index (χ0) is 14.5. The third-order valence-electron chi connectivity index (χ3n) is 3.81. The molecule has 2 N–H and O–H groups in total. The Balaban J connectivity index is 2.26. The second-order valence-corrected chi connectivity index (χ2v) is 5.71. The molecule has 19 heavy (non-hydrogen) atoms. The molecule has 1 aliphatic rings. The number of methoxy groups -OCH3 is 1. The maximum Gasteiger partial charge on any atom is 0.391 e. The van der Waals surface area contributed by atoms with E-state index >= 15 is 0 Å². The molecule has 0 radical (unpaired) electrons. The highest BCUT2D eigenvalue weighted by molar-refractivity contribution is 4.83. The summed E-state index contributed by atoms with van der Waals surface area (Å²) in [5.41, 5.74) is -0.878. The van der Waals surface area contributed by atoms with Crippen molar-refractivity contribution in [2.45, 2.75) is 56.8 Å². The van der Waals surface area contributed by atoms with E-state index in [1.54, 1.807) is 14.0 Å². The van der Waals surface area contributed by atoms with E-state index in [2.05, 4.69) is 5.32 Å². The van der Waals surface area contributed by atoms with Crippen LogP contribution in [0.25, 0.3) is 0 Å². The van der Waals surface area contributed by atoms with Crippen LogP contribution >= 0.6 is 0 Å². The first-order valence-corrected chi connectivity index (χ1v) is 6.76. The van der Waals surface area contributed by atoms with Gasteiger partial charge in [0, 0.05) is 32.7 Å². The van der Waals surface area contributed by atoms with Gasteiger partial charge in [0.25, 0.3) is 0 Å². The number of aliphatic hydroxyl groups is 1. The minimum atomic E-state index is -4.06. The van der Waals surface area contributed by atoms with E-state index in [9.17, 15) is 18.3 Å². The Labute approximate surface area is 112 Å². The van der Waals surface area contributed by atoms with Crippen LogP contribution in [0.3, 0.4) is 0 Å². The maximum absolute atomic E-state index is 12.5. The summed E-state index contributed by atoms with van der Waals surface area (Å²) in [7, 11) is 1.57. The Morgan fingerprint density at radius 2 is 1.79 bits per heavy atom. The molecule has 1 unspecified atom stereocenters. The lowest BCUT2D eigenvalue weighted by Gasteiger charge is -2.32. The van der Waals surface area contributed by atoms with E-state index < -0.39 is 17.7 Å². The Bertz CT molecular complexity index is 261. The van der Waals surface area contributed by atoms with Crippen LogP contribution in [0.5, 0.6) is 0 Å². The number of hydrogen-bond donors (Lipinski definition) is 2. The van der Waals surface area contributed by atoms with Crippen LogP contribution in [0, 0.1) is 5.92 Å². The summed E-state index contributed by atoms with van der Waals surface area (Å²) in [6, 6.07) is 0.0765. The molecule has 114 valence electrons. The fourth-order valence-electron chi connectivity index (χ4n) is 2.40. The van der Waals surface area contributed by atoms with Crippen molar-refractivity contribution in [3.63, 3.8) is 0 Å². The van der Waals surface area contributed by atoms with Crippen molar-refractivity contribution in [1.82, 2.24) is 5.32 Å². The Morgan fingerprint density at radius 1 is 1.21 bits per heavy atom.